The number of amides is 1. The number of carbonyl (C=O) groups excluding carboxylic acids is 2. The molecule has 10 heteroatoms. The van der Waals surface area contributed by atoms with Crippen LogP contribution in [0.3, 0.4) is 0 Å². The minimum atomic E-state index is -1.45. The van der Waals surface area contributed by atoms with Crippen LogP contribution in [0.25, 0.3) is 0 Å². The standard InChI is InChI=1S/C36H54N4O6/c1-26(11-9-12-28(3)34-37-19-10-20-38-34)33-27(2)15-16-31(36(4,44)18-17-30(41)25-32(42)46-33)45-35(43)40-23-21-39(22-24-40)29-13-7-5-6-8-14-29/h9-12,15-16,19-20,27-31,33,41,44H,5-8,13-14,17-18,21-25H2,1-4H3/b12-9+,16-15-,26-11+/t27-,28+,30+,31-,33+,36+/m0/s1. The maximum absolute atomic E-state index is 13.4. The fourth-order valence-electron chi connectivity index (χ4n) is 6.63. The number of aromatic nitrogens is 2. The monoisotopic (exact) mass is 638 g/mol. The summed E-state index contributed by atoms with van der Waals surface area (Å²) in [4.78, 5) is 39.1. The first-order valence-electron chi connectivity index (χ1n) is 17.1. The molecule has 2 aliphatic heterocycles. The summed E-state index contributed by atoms with van der Waals surface area (Å²) in [6, 6.07) is 2.37. The van der Waals surface area contributed by atoms with E-state index in [-0.39, 0.29) is 31.1 Å². The molecule has 3 aliphatic rings. The van der Waals surface area contributed by atoms with Gasteiger partial charge >= 0.3 is 12.1 Å². The summed E-state index contributed by atoms with van der Waals surface area (Å²) >= 11 is 0. The van der Waals surface area contributed by atoms with Crippen LogP contribution in [0.15, 0.2) is 54.4 Å². The first kappa shape index (κ1) is 35.8. The predicted octanol–water partition coefficient (Wildman–Crippen LogP) is 5.33. The Labute approximate surface area is 274 Å². The van der Waals surface area contributed by atoms with Crippen LogP contribution in [0.1, 0.15) is 97.2 Å². The van der Waals surface area contributed by atoms with E-state index in [0.29, 0.717) is 25.0 Å². The van der Waals surface area contributed by atoms with Gasteiger partial charge in [0, 0.05) is 56.5 Å². The summed E-state index contributed by atoms with van der Waals surface area (Å²) in [6.07, 6.45) is 17.5. The number of hydrogen-bond donors (Lipinski definition) is 2. The van der Waals surface area contributed by atoms with Crippen molar-refractivity contribution < 1.29 is 29.3 Å². The molecular formula is C36H54N4O6. The number of cyclic esters (lactones) is 1. The van der Waals surface area contributed by atoms with Crippen LogP contribution >= 0.6 is 0 Å². The van der Waals surface area contributed by atoms with Crippen LogP contribution in [0, 0.1) is 5.92 Å². The lowest BCUT2D eigenvalue weighted by Crippen LogP contribution is -2.53. The Kier molecular flexibility index (Phi) is 13.4. The van der Waals surface area contributed by atoms with Gasteiger partial charge in [-0.1, -0.05) is 63.8 Å². The second kappa shape index (κ2) is 17.2. The topological polar surface area (TPSA) is 125 Å². The number of esters is 1. The molecule has 4 rings (SSSR count). The van der Waals surface area contributed by atoms with E-state index >= 15 is 0 Å². The number of ether oxygens (including phenoxy) is 2. The average Bonchev–Trinajstić information content (AvgIpc) is 3.34. The quantitative estimate of drug-likeness (QED) is 0.184. The maximum Gasteiger partial charge on any atom is 0.410 e. The third-order valence-corrected chi connectivity index (χ3v) is 9.67. The van der Waals surface area contributed by atoms with Gasteiger partial charge in [0.2, 0.25) is 0 Å². The normalized spacial score (nSPS) is 31.3. The molecule has 46 heavy (non-hydrogen) atoms. The van der Waals surface area contributed by atoms with Crippen molar-refractivity contribution in [3.05, 3.63) is 60.2 Å². The van der Waals surface area contributed by atoms with Crippen molar-refractivity contribution in [2.75, 3.05) is 26.2 Å². The fourth-order valence-corrected chi connectivity index (χ4v) is 6.63. The van der Waals surface area contributed by atoms with E-state index in [4.69, 9.17) is 9.47 Å². The molecule has 3 heterocycles. The molecule has 2 N–H and O–H groups in total. The summed E-state index contributed by atoms with van der Waals surface area (Å²) in [5.74, 6) is -0.109. The Hall–Kier alpha value is -3.08. The summed E-state index contributed by atoms with van der Waals surface area (Å²) in [7, 11) is 0. The average molecular weight is 639 g/mol. The Balaban J connectivity index is 1.45. The molecule has 0 aromatic carbocycles. The second-order valence-corrected chi connectivity index (χ2v) is 13.6. The van der Waals surface area contributed by atoms with E-state index in [2.05, 4.69) is 14.9 Å². The molecule has 0 unspecified atom stereocenters. The zero-order chi connectivity index (χ0) is 33.1. The number of piperazine rings is 1. The highest BCUT2D eigenvalue weighted by molar-refractivity contribution is 5.70. The SMILES string of the molecule is C/C(=C\C=C\[C@@H](C)c1ncccn1)[C@H]1OC(=O)C[C@H](O)CC[C@@](C)(O)[C@@H](OC(=O)N2CCN(C3CCCCCC3)CC2)/C=C\[C@@H]1C. The third kappa shape index (κ3) is 10.5. The molecule has 1 amide bonds. The fraction of sp³-hybridized carbons (Fsp3) is 0.667. The van der Waals surface area contributed by atoms with E-state index in [1.54, 1.807) is 36.4 Å². The van der Waals surface area contributed by atoms with Crippen LogP contribution in [0.2, 0.25) is 0 Å². The molecule has 254 valence electrons. The van der Waals surface area contributed by atoms with Crippen molar-refractivity contribution in [3.8, 4) is 0 Å². The van der Waals surface area contributed by atoms with Crippen LogP contribution in [0.4, 0.5) is 4.79 Å². The van der Waals surface area contributed by atoms with Crippen LogP contribution in [-0.2, 0) is 14.3 Å². The van der Waals surface area contributed by atoms with Gasteiger partial charge in [-0.05, 0) is 57.2 Å². The van der Waals surface area contributed by atoms with E-state index < -0.39 is 36.0 Å². The number of carbonyl (C=O) groups is 2. The number of rotatable bonds is 6. The zero-order valence-electron chi connectivity index (χ0n) is 28.1. The molecule has 1 saturated heterocycles. The molecule has 0 radical (unpaired) electrons. The Morgan fingerprint density at radius 1 is 1.09 bits per heavy atom. The highest BCUT2D eigenvalue weighted by Crippen LogP contribution is 2.28. The Morgan fingerprint density at radius 2 is 1.76 bits per heavy atom. The molecule has 1 saturated carbocycles. The number of nitrogens with zero attached hydrogens (tertiary/aromatic N) is 4. The highest BCUT2D eigenvalue weighted by Gasteiger charge is 2.37. The van der Waals surface area contributed by atoms with Gasteiger partial charge in [-0.25, -0.2) is 14.8 Å². The molecular weight excluding hydrogens is 584 g/mol. The lowest BCUT2D eigenvalue weighted by Gasteiger charge is -2.40. The van der Waals surface area contributed by atoms with Crippen molar-refractivity contribution in [2.24, 2.45) is 5.92 Å². The lowest BCUT2D eigenvalue weighted by atomic mass is 9.88. The van der Waals surface area contributed by atoms with Crippen LogP contribution < -0.4 is 0 Å². The molecule has 1 aromatic heterocycles. The van der Waals surface area contributed by atoms with Crippen molar-refractivity contribution in [1.29, 1.82) is 0 Å². The van der Waals surface area contributed by atoms with Gasteiger partial charge in [-0.15, -0.1) is 0 Å². The predicted molar refractivity (Wildman–Crippen MR) is 177 cm³/mol. The number of hydrogen-bond acceptors (Lipinski definition) is 9. The lowest BCUT2D eigenvalue weighted by molar-refractivity contribution is -0.151. The Morgan fingerprint density at radius 3 is 2.43 bits per heavy atom. The van der Waals surface area contributed by atoms with E-state index in [1.807, 2.05) is 45.1 Å². The molecule has 1 aromatic rings. The number of allylic oxidation sites excluding steroid dienone is 3. The smallest absolute Gasteiger partial charge is 0.410 e. The molecule has 0 spiro atoms. The van der Waals surface area contributed by atoms with Gasteiger partial charge in [0.25, 0.3) is 0 Å². The minimum Gasteiger partial charge on any atom is -0.457 e. The summed E-state index contributed by atoms with van der Waals surface area (Å²) in [5.41, 5.74) is -0.641. The zero-order valence-corrected chi connectivity index (χ0v) is 28.1. The van der Waals surface area contributed by atoms with E-state index in [1.165, 1.54) is 38.5 Å². The molecule has 2 fully saturated rings. The first-order valence-corrected chi connectivity index (χ1v) is 17.1. The first-order chi connectivity index (χ1) is 22.0. The Bertz CT molecular complexity index is 1200. The van der Waals surface area contributed by atoms with Crippen molar-refractivity contribution >= 4 is 12.1 Å². The minimum absolute atomic E-state index is 0.00552. The third-order valence-electron chi connectivity index (χ3n) is 9.67. The van der Waals surface area contributed by atoms with Gasteiger partial charge in [-0.2, -0.15) is 0 Å². The van der Waals surface area contributed by atoms with Gasteiger partial charge in [0.05, 0.1) is 12.5 Å². The number of aliphatic hydroxyl groups is 2. The summed E-state index contributed by atoms with van der Waals surface area (Å²) < 4.78 is 11.9. The highest BCUT2D eigenvalue weighted by atomic mass is 16.6. The van der Waals surface area contributed by atoms with Crippen molar-refractivity contribution in [1.82, 2.24) is 19.8 Å². The molecule has 1 aliphatic carbocycles. The molecule has 10 nitrogen and oxygen atoms in total. The van der Waals surface area contributed by atoms with Gasteiger partial charge in [0.15, 0.2) is 6.10 Å². The number of aliphatic hydroxyl groups excluding tert-OH is 1. The molecule has 0 bridgehead atoms. The molecule has 6 atom stereocenters. The van der Waals surface area contributed by atoms with Crippen molar-refractivity contribution in [2.45, 2.75) is 121 Å². The van der Waals surface area contributed by atoms with E-state index in [9.17, 15) is 19.8 Å². The second-order valence-electron chi connectivity index (χ2n) is 13.6. The van der Waals surface area contributed by atoms with E-state index in [0.717, 1.165) is 18.7 Å². The van der Waals surface area contributed by atoms with Gasteiger partial charge < -0.3 is 24.6 Å². The van der Waals surface area contributed by atoms with Gasteiger partial charge in [-0.3, -0.25) is 9.69 Å². The summed E-state index contributed by atoms with van der Waals surface area (Å²) in [6.45, 7) is 10.3. The summed E-state index contributed by atoms with van der Waals surface area (Å²) in [5, 5.41) is 22.1. The maximum atomic E-state index is 13.4. The van der Waals surface area contributed by atoms with Crippen molar-refractivity contribution in [3.63, 3.8) is 0 Å². The van der Waals surface area contributed by atoms with Gasteiger partial charge in [0.1, 0.15) is 17.5 Å². The van der Waals surface area contributed by atoms with Crippen LogP contribution in [-0.4, -0.2) is 98.2 Å². The van der Waals surface area contributed by atoms with Crippen LogP contribution in [0.5, 0.6) is 0 Å². The largest absolute Gasteiger partial charge is 0.457 e.